The third kappa shape index (κ3) is 1.87. The molecule has 1 aromatic carbocycles. The lowest BCUT2D eigenvalue weighted by molar-refractivity contribution is 1.33. The summed E-state index contributed by atoms with van der Waals surface area (Å²) >= 11 is 6.15. The minimum Gasteiger partial charge on any atom is -0.255 e. The average molecular weight is 241 g/mol. The molecule has 3 heteroatoms. The van der Waals surface area contributed by atoms with Gasteiger partial charge in [0.2, 0.25) is 0 Å². The SMILES string of the molecule is Clc1ccccc1-c1ccc2ncccc2n1. The van der Waals surface area contributed by atoms with Gasteiger partial charge >= 0.3 is 0 Å². The normalized spacial score (nSPS) is 10.6. The lowest BCUT2D eigenvalue weighted by atomic mass is 10.1. The number of fused-ring (bicyclic) bond motifs is 1. The largest absolute Gasteiger partial charge is 0.255 e. The highest BCUT2D eigenvalue weighted by molar-refractivity contribution is 6.33. The van der Waals surface area contributed by atoms with Crippen LogP contribution in [0.3, 0.4) is 0 Å². The van der Waals surface area contributed by atoms with Crippen molar-refractivity contribution in [1.29, 1.82) is 0 Å². The Hall–Kier alpha value is -1.93. The molecule has 0 aliphatic rings. The molecule has 82 valence electrons. The van der Waals surface area contributed by atoms with Gasteiger partial charge in [0, 0.05) is 16.8 Å². The molecule has 3 aromatic rings. The Balaban J connectivity index is 2.22. The van der Waals surface area contributed by atoms with Crippen LogP contribution in [0.2, 0.25) is 5.02 Å². The molecule has 0 fully saturated rings. The highest BCUT2D eigenvalue weighted by atomic mass is 35.5. The first-order chi connectivity index (χ1) is 8.34. The standard InChI is InChI=1S/C14H9ClN2/c15-11-5-2-1-4-10(11)12-7-8-13-14(17-12)6-3-9-16-13/h1-9H. The Morgan fingerprint density at radius 1 is 0.824 bits per heavy atom. The molecule has 0 aliphatic carbocycles. The molecule has 0 bridgehead atoms. The molecule has 0 aliphatic heterocycles. The minimum atomic E-state index is 0.711. The maximum Gasteiger partial charge on any atom is 0.0894 e. The summed E-state index contributed by atoms with van der Waals surface area (Å²) in [6, 6.07) is 15.4. The third-order valence-corrected chi connectivity index (χ3v) is 2.94. The van der Waals surface area contributed by atoms with Crippen LogP contribution in [0.5, 0.6) is 0 Å². The van der Waals surface area contributed by atoms with E-state index in [2.05, 4.69) is 9.97 Å². The van der Waals surface area contributed by atoms with Crippen molar-refractivity contribution in [3.63, 3.8) is 0 Å². The van der Waals surface area contributed by atoms with Gasteiger partial charge in [0.1, 0.15) is 0 Å². The van der Waals surface area contributed by atoms with E-state index in [-0.39, 0.29) is 0 Å². The molecule has 0 N–H and O–H groups in total. The van der Waals surface area contributed by atoms with Crippen molar-refractivity contribution in [3.8, 4) is 11.3 Å². The monoisotopic (exact) mass is 240 g/mol. The predicted molar refractivity (Wildman–Crippen MR) is 70.0 cm³/mol. The molecule has 0 saturated heterocycles. The third-order valence-electron chi connectivity index (χ3n) is 2.61. The van der Waals surface area contributed by atoms with Crippen molar-refractivity contribution in [2.75, 3.05) is 0 Å². The average Bonchev–Trinajstić information content (AvgIpc) is 2.39. The van der Waals surface area contributed by atoms with Crippen LogP contribution >= 0.6 is 11.6 Å². The van der Waals surface area contributed by atoms with Crippen LogP contribution in [0.4, 0.5) is 0 Å². The zero-order valence-electron chi connectivity index (χ0n) is 8.97. The summed E-state index contributed by atoms with van der Waals surface area (Å²) in [5, 5.41) is 0.711. The van der Waals surface area contributed by atoms with E-state index in [0.29, 0.717) is 5.02 Å². The smallest absolute Gasteiger partial charge is 0.0894 e. The molecule has 0 unspecified atom stereocenters. The summed E-state index contributed by atoms with van der Waals surface area (Å²) in [4.78, 5) is 8.80. The van der Waals surface area contributed by atoms with Gasteiger partial charge in [-0.15, -0.1) is 0 Å². The van der Waals surface area contributed by atoms with Crippen molar-refractivity contribution in [2.24, 2.45) is 0 Å². The minimum absolute atomic E-state index is 0.711. The molecule has 3 rings (SSSR count). The molecule has 2 nitrogen and oxygen atoms in total. The second-order valence-electron chi connectivity index (χ2n) is 3.72. The van der Waals surface area contributed by atoms with E-state index in [1.807, 2.05) is 48.5 Å². The van der Waals surface area contributed by atoms with E-state index >= 15 is 0 Å². The predicted octanol–water partition coefficient (Wildman–Crippen LogP) is 3.95. The van der Waals surface area contributed by atoms with Crippen molar-refractivity contribution in [2.45, 2.75) is 0 Å². The highest BCUT2D eigenvalue weighted by Gasteiger charge is 2.04. The van der Waals surface area contributed by atoms with Gasteiger partial charge in [-0.25, -0.2) is 4.98 Å². The fourth-order valence-corrected chi connectivity index (χ4v) is 2.01. The van der Waals surface area contributed by atoms with Crippen molar-refractivity contribution < 1.29 is 0 Å². The molecule has 17 heavy (non-hydrogen) atoms. The van der Waals surface area contributed by atoms with Crippen molar-refractivity contribution >= 4 is 22.6 Å². The van der Waals surface area contributed by atoms with Crippen LogP contribution in [0, 0.1) is 0 Å². The second kappa shape index (κ2) is 4.15. The molecule has 0 saturated carbocycles. The quantitative estimate of drug-likeness (QED) is 0.644. The van der Waals surface area contributed by atoms with Crippen LogP contribution in [0.1, 0.15) is 0 Å². The number of rotatable bonds is 1. The molecule has 0 spiro atoms. The van der Waals surface area contributed by atoms with Crippen molar-refractivity contribution in [1.82, 2.24) is 9.97 Å². The Morgan fingerprint density at radius 2 is 1.71 bits per heavy atom. The summed E-state index contributed by atoms with van der Waals surface area (Å²) in [5.41, 5.74) is 3.59. The van der Waals surface area contributed by atoms with Gasteiger partial charge in [-0.3, -0.25) is 4.98 Å². The number of hydrogen-bond acceptors (Lipinski definition) is 2. The highest BCUT2D eigenvalue weighted by Crippen LogP contribution is 2.26. The molecule has 2 aromatic heterocycles. The lowest BCUT2D eigenvalue weighted by Crippen LogP contribution is -1.87. The number of halogens is 1. The van der Waals surface area contributed by atoms with Gasteiger partial charge in [-0.05, 0) is 30.3 Å². The number of nitrogens with zero attached hydrogens (tertiary/aromatic N) is 2. The van der Waals surface area contributed by atoms with Gasteiger partial charge in [0.05, 0.1) is 16.7 Å². The number of pyridine rings is 2. The number of hydrogen-bond donors (Lipinski definition) is 0. The van der Waals surface area contributed by atoms with Crippen LogP contribution < -0.4 is 0 Å². The Kier molecular flexibility index (Phi) is 2.50. The molecular weight excluding hydrogens is 232 g/mol. The van der Waals surface area contributed by atoms with Gasteiger partial charge in [-0.1, -0.05) is 29.8 Å². The lowest BCUT2D eigenvalue weighted by Gasteiger charge is -2.04. The van der Waals surface area contributed by atoms with E-state index in [1.165, 1.54) is 0 Å². The maximum atomic E-state index is 6.15. The fraction of sp³-hybridized carbons (Fsp3) is 0. The van der Waals surface area contributed by atoms with E-state index in [9.17, 15) is 0 Å². The topological polar surface area (TPSA) is 25.8 Å². The zero-order valence-corrected chi connectivity index (χ0v) is 9.72. The van der Waals surface area contributed by atoms with Gasteiger partial charge in [0.25, 0.3) is 0 Å². The second-order valence-corrected chi connectivity index (χ2v) is 4.13. The summed E-state index contributed by atoms with van der Waals surface area (Å²) in [5.74, 6) is 0. The van der Waals surface area contributed by atoms with Crippen molar-refractivity contribution in [3.05, 3.63) is 59.8 Å². The maximum absolute atomic E-state index is 6.15. The molecule has 0 amide bonds. The molecular formula is C14H9ClN2. The Morgan fingerprint density at radius 3 is 2.59 bits per heavy atom. The first-order valence-electron chi connectivity index (χ1n) is 5.31. The molecule has 2 heterocycles. The summed E-state index contributed by atoms with van der Waals surface area (Å²) < 4.78 is 0. The first-order valence-corrected chi connectivity index (χ1v) is 5.69. The van der Waals surface area contributed by atoms with E-state index in [0.717, 1.165) is 22.3 Å². The van der Waals surface area contributed by atoms with Crippen LogP contribution in [0.15, 0.2) is 54.7 Å². The van der Waals surface area contributed by atoms with Crippen LogP contribution in [-0.2, 0) is 0 Å². The zero-order chi connectivity index (χ0) is 11.7. The van der Waals surface area contributed by atoms with Gasteiger partial charge < -0.3 is 0 Å². The number of benzene rings is 1. The number of aromatic nitrogens is 2. The van der Waals surface area contributed by atoms with Crippen LogP contribution in [0.25, 0.3) is 22.3 Å². The molecule has 0 radical (unpaired) electrons. The fourth-order valence-electron chi connectivity index (χ4n) is 1.78. The summed E-state index contributed by atoms with van der Waals surface area (Å²) in [6.07, 6.45) is 1.76. The summed E-state index contributed by atoms with van der Waals surface area (Å²) in [7, 11) is 0. The first kappa shape index (κ1) is 10.2. The Bertz CT molecular complexity index is 680. The van der Waals surface area contributed by atoms with E-state index in [4.69, 9.17) is 11.6 Å². The summed E-state index contributed by atoms with van der Waals surface area (Å²) in [6.45, 7) is 0. The van der Waals surface area contributed by atoms with Gasteiger partial charge in [0.15, 0.2) is 0 Å². The van der Waals surface area contributed by atoms with E-state index < -0.39 is 0 Å². The van der Waals surface area contributed by atoms with E-state index in [1.54, 1.807) is 6.20 Å². The van der Waals surface area contributed by atoms with Crippen LogP contribution in [-0.4, -0.2) is 9.97 Å². The van der Waals surface area contributed by atoms with Gasteiger partial charge in [-0.2, -0.15) is 0 Å². The molecule has 0 atom stereocenters. The Labute approximate surface area is 104 Å².